The molecule has 0 spiro atoms. The lowest BCUT2D eigenvalue weighted by Gasteiger charge is -2.22. The van der Waals surface area contributed by atoms with Crippen molar-refractivity contribution in [3.8, 4) is 6.07 Å². The molecule has 0 aromatic carbocycles. The molecule has 0 aromatic heterocycles. The molecule has 0 amide bonds. The van der Waals surface area contributed by atoms with Gasteiger partial charge in [0.05, 0.1) is 44.5 Å². The van der Waals surface area contributed by atoms with Gasteiger partial charge in [0.1, 0.15) is 0 Å². The summed E-state index contributed by atoms with van der Waals surface area (Å²) in [4.78, 5) is 0. The standard InChI is InChI=1S/C10H18N2O2/c1-8(5-11)9(2)12-10-6-13-3-4-14-7-10/h8-10,12H,3-4,6-7H2,1-2H3. The average molecular weight is 198 g/mol. The van der Waals surface area contributed by atoms with Crippen LogP contribution < -0.4 is 5.32 Å². The molecule has 1 aliphatic heterocycles. The summed E-state index contributed by atoms with van der Waals surface area (Å²) in [5.41, 5.74) is 0. The highest BCUT2D eigenvalue weighted by Gasteiger charge is 2.18. The zero-order chi connectivity index (χ0) is 10.4. The summed E-state index contributed by atoms with van der Waals surface area (Å²) >= 11 is 0. The molecule has 0 aliphatic carbocycles. The number of nitrogens with one attached hydrogen (secondary N) is 1. The van der Waals surface area contributed by atoms with Crippen molar-refractivity contribution >= 4 is 0 Å². The van der Waals surface area contributed by atoms with Gasteiger partial charge in [0.2, 0.25) is 0 Å². The molecule has 2 unspecified atom stereocenters. The summed E-state index contributed by atoms with van der Waals surface area (Å²) < 4.78 is 10.7. The predicted molar refractivity (Wildman–Crippen MR) is 52.8 cm³/mol. The summed E-state index contributed by atoms with van der Waals surface area (Å²) in [6.45, 7) is 6.60. The zero-order valence-corrected chi connectivity index (χ0v) is 8.82. The lowest BCUT2D eigenvalue weighted by molar-refractivity contribution is 0.103. The molecule has 1 saturated heterocycles. The van der Waals surface area contributed by atoms with E-state index < -0.39 is 0 Å². The van der Waals surface area contributed by atoms with Crippen LogP contribution in [-0.2, 0) is 9.47 Å². The quantitative estimate of drug-likeness (QED) is 0.719. The Hall–Kier alpha value is -0.630. The van der Waals surface area contributed by atoms with Crippen LogP contribution in [0.4, 0.5) is 0 Å². The van der Waals surface area contributed by atoms with E-state index in [1.165, 1.54) is 0 Å². The normalized spacial score (nSPS) is 23.5. The number of rotatable bonds is 3. The van der Waals surface area contributed by atoms with Gasteiger partial charge in [-0.15, -0.1) is 0 Å². The van der Waals surface area contributed by atoms with E-state index in [9.17, 15) is 0 Å². The first-order chi connectivity index (χ1) is 6.74. The Balaban J connectivity index is 2.31. The molecule has 0 radical (unpaired) electrons. The fourth-order valence-corrected chi connectivity index (χ4v) is 1.34. The predicted octanol–water partition coefficient (Wildman–Crippen LogP) is 0.540. The SMILES string of the molecule is CC(C#N)C(C)NC1COCCOC1. The number of nitriles is 1. The van der Waals surface area contributed by atoms with Crippen molar-refractivity contribution in [1.82, 2.24) is 5.32 Å². The third kappa shape index (κ3) is 3.62. The van der Waals surface area contributed by atoms with E-state index in [-0.39, 0.29) is 18.0 Å². The van der Waals surface area contributed by atoms with Crippen LogP contribution >= 0.6 is 0 Å². The van der Waals surface area contributed by atoms with Crippen LogP contribution in [0.2, 0.25) is 0 Å². The Morgan fingerprint density at radius 2 is 1.86 bits per heavy atom. The Kier molecular flexibility index (Phi) is 4.88. The number of hydrogen-bond donors (Lipinski definition) is 1. The first kappa shape index (κ1) is 11.4. The molecular weight excluding hydrogens is 180 g/mol. The van der Waals surface area contributed by atoms with Crippen LogP contribution in [0, 0.1) is 17.2 Å². The van der Waals surface area contributed by atoms with Crippen LogP contribution in [0.5, 0.6) is 0 Å². The summed E-state index contributed by atoms with van der Waals surface area (Å²) in [6.07, 6.45) is 0. The van der Waals surface area contributed by atoms with Crippen LogP contribution in [0.3, 0.4) is 0 Å². The highest BCUT2D eigenvalue weighted by molar-refractivity contribution is 4.88. The Bertz CT molecular complexity index is 195. The van der Waals surface area contributed by atoms with Gasteiger partial charge in [-0.3, -0.25) is 0 Å². The molecule has 0 saturated carbocycles. The topological polar surface area (TPSA) is 54.3 Å². The molecule has 2 atom stereocenters. The minimum absolute atomic E-state index is 0.0123. The van der Waals surface area contributed by atoms with Gasteiger partial charge in [-0.2, -0.15) is 5.26 Å². The van der Waals surface area contributed by atoms with Crippen molar-refractivity contribution in [3.63, 3.8) is 0 Å². The van der Waals surface area contributed by atoms with Crippen LogP contribution in [0.25, 0.3) is 0 Å². The lowest BCUT2D eigenvalue weighted by atomic mass is 10.1. The fourth-order valence-electron chi connectivity index (χ4n) is 1.34. The highest BCUT2D eigenvalue weighted by atomic mass is 16.5. The Morgan fingerprint density at radius 3 is 2.36 bits per heavy atom. The molecule has 4 nitrogen and oxygen atoms in total. The van der Waals surface area contributed by atoms with Gasteiger partial charge in [0.15, 0.2) is 0 Å². The van der Waals surface area contributed by atoms with Crippen LogP contribution in [-0.4, -0.2) is 38.5 Å². The summed E-state index contributed by atoms with van der Waals surface area (Å²) in [7, 11) is 0. The molecule has 1 heterocycles. The molecule has 0 bridgehead atoms. The van der Waals surface area contributed by atoms with Crippen LogP contribution in [0.15, 0.2) is 0 Å². The van der Waals surface area contributed by atoms with E-state index in [1.807, 2.05) is 13.8 Å². The van der Waals surface area contributed by atoms with Crippen molar-refractivity contribution in [2.75, 3.05) is 26.4 Å². The monoisotopic (exact) mass is 198 g/mol. The van der Waals surface area contributed by atoms with Gasteiger partial charge in [0.25, 0.3) is 0 Å². The van der Waals surface area contributed by atoms with E-state index in [0.29, 0.717) is 26.4 Å². The van der Waals surface area contributed by atoms with Gasteiger partial charge in [0, 0.05) is 6.04 Å². The van der Waals surface area contributed by atoms with Crippen molar-refractivity contribution in [2.24, 2.45) is 5.92 Å². The molecule has 4 heteroatoms. The van der Waals surface area contributed by atoms with Crippen molar-refractivity contribution in [3.05, 3.63) is 0 Å². The zero-order valence-electron chi connectivity index (χ0n) is 8.82. The van der Waals surface area contributed by atoms with Crippen molar-refractivity contribution in [2.45, 2.75) is 25.9 Å². The van der Waals surface area contributed by atoms with Crippen LogP contribution in [0.1, 0.15) is 13.8 Å². The number of hydrogen-bond acceptors (Lipinski definition) is 4. The molecule has 1 N–H and O–H groups in total. The number of ether oxygens (including phenoxy) is 2. The van der Waals surface area contributed by atoms with Gasteiger partial charge in [-0.05, 0) is 13.8 Å². The molecular formula is C10H18N2O2. The summed E-state index contributed by atoms with van der Waals surface area (Å²) in [5.74, 6) is 0.0123. The van der Waals surface area contributed by atoms with Crippen molar-refractivity contribution < 1.29 is 9.47 Å². The Labute approximate surface area is 85.2 Å². The second-order valence-corrected chi connectivity index (χ2v) is 3.72. The third-order valence-corrected chi connectivity index (χ3v) is 2.46. The lowest BCUT2D eigenvalue weighted by Crippen LogP contribution is -2.44. The smallest absolute Gasteiger partial charge is 0.0701 e. The van der Waals surface area contributed by atoms with E-state index >= 15 is 0 Å². The Morgan fingerprint density at radius 1 is 1.29 bits per heavy atom. The summed E-state index contributed by atoms with van der Waals surface area (Å²) in [5, 5.41) is 12.1. The molecule has 1 rings (SSSR count). The van der Waals surface area contributed by atoms with E-state index in [4.69, 9.17) is 14.7 Å². The van der Waals surface area contributed by atoms with E-state index in [0.717, 1.165) is 0 Å². The second-order valence-electron chi connectivity index (χ2n) is 3.72. The van der Waals surface area contributed by atoms with Gasteiger partial charge < -0.3 is 14.8 Å². The summed E-state index contributed by atoms with van der Waals surface area (Å²) in [6, 6.07) is 2.61. The van der Waals surface area contributed by atoms with Gasteiger partial charge in [-0.1, -0.05) is 0 Å². The molecule has 0 aromatic rings. The largest absolute Gasteiger partial charge is 0.377 e. The maximum absolute atomic E-state index is 8.74. The fraction of sp³-hybridized carbons (Fsp3) is 0.900. The molecule has 1 aliphatic rings. The second kappa shape index (κ2) is 5.97. The molecule has 1 fully saturated rings. The highest BCUT2D eigenvalue weighted by Crippen LogP contribution is 2.03. The first-order valence-corrected chi connectivity index (χ1v) is 5.05. The molecule has 80 valence electrons. The minimum Gasteiger partial charge on any atom is -0.377 e. The minimum atomic E-state index is 0.0123. The molecule has 14 heavy (non-hydrogen) atoms. The van der Waals surface area contributed by atoms with E-state index in [1.54, 1.807) is 0 Å². The number of nitrogens with zero attached hydrogens (tertiary/aromatic N) is 1. The van der Waals surface area contributed by atoms with Crippen molar-refractivity contribution in [1.29, 1.82) is 5.26 Å². The maximum Gasteiger partial charge on any atom is 0.0701 e. The third-order valence-electron chi connectivity index (χ3n) is 2.46. The average Bonchev–Trinajstić information content (AvgIpc) is 2.45. The van der Waals surface area contributed by atoms with E-state index in [2.05, 4.69) is 11.4 Å². The van der Waals surface area contributed by atoms with Gasteiger partial charge in [-0.25, -0.2) is 0 Å². The first-order valence-electron chi connectivity index (χ1n) is 5.05. The van der Waals surface area contributed by atoms with Gasteiger partial charge >= 0.3 is 0 Å². The maximum atomic E-state index is 8.74.